The molecule has 0 amide bonds. The van der Waals surface area contributed by atoms with Crippen LogP contribution in [0.4, 0.5) is 0 Å². The van der Waals surface area contributed by atoms with Gasteiger partial charge in [-0.2, -0.15) is 0 Å². The van der Waals surface area contributed by atoms with E-state index in [1.54, 1.807) is 6.92 Å². The van der Waals surface area contributed by atoms with Crippen molar-refractivity contribution in [1.29, 1.82) is 0 Å². The van der Waals surface area contributed by atoms with Crippen LogP contribution >= 0.6 is 0 Å². The van der Waals surface area contributed by atoms with Gasteiger partial charge in [0.1, 0.15) is 11.9 Å². The molecule has 0 fully saturated rings. The topological polar surface area (TPSA) is 44.8 Å². The molecule has 0 N–H and O–H groups in total. The number of carbonyl (C=O) groups excluding carboxylic acids is 1. The van der Waals surface area contributed by atoms with E-state index in [1.165, 1.54) is 51.4 Å². The van der Waals surface area contributed by atoms with Crippen molar-refractivity contribution in [2.75, 3.05) is 13.2 Å². The molecule has 0 radical (unpaired) electrons. The second-order valence-electron chi connectivity index (χ2n) is 9.77. The summed E-state index contributed by atoms with van der Waals surface area (Å²) in [5.74, 6) is 0.609. The van der Waals surface area contributed by atoms with Gasteiger partial charge in [0.15, 0.2) is 6.10 Å². The van der Waals surface area contributed by atoms with Crippen LogP contribution in [0.3, 0.4) is 0 Å². The maximum Gasteiger partial charge on any atom is 0.335 e. The van der Waals surface area contributed by atoms with Gasteiger partial charge in [-0.05, 0) is 55.5 Å². The molecule has 0 aliphatic heterocycles. The van der Waals surface area contributed by atoms with Crippen LogP contribution in [0.15, 0.2) is 48.5 Å². The lowest BCUT2D eigenvalue weighted by atomic mass is 10.0. The highest BCUT2D eigenvalue weighted by molar-refractivity contribution is 5.74. The second-order valence-corrected chi connectivity index (χ2v) is 9.77. The highest BCUT2D eigenvalue weighted by Crippen LogP contribution is 2.26. The third-order valence-electron chi connectivity index (χ3n) is 6.57. The number of rotatable bonds is 19. The summed E-state index contributed by atoms with van der Waals surface area (Å²) in [4.78, 5) is 12.4. The van der Waals surface area contributed by atoms with Gasteiger partial charge in [0.05, 0.1) is 6.61 Å². The third kappa shape index (κ3) is 11.6. The number of hydrogen-bond acceptors (Lipinski definition) is 4. The molecule has 2 atom stereocenters. The first-order valence-corrected chi connectivity index (χ1v) is 14.2. The van der Waals surface area contributed by atoms with Crippen LogP contribution in [0, 0.1) is 0 Å². The van der Waals surface area contributed by atoms with Gasteiger partial charge in [-0.15, -0.1) is 0 Å². The first kappa shape index (κ1) is 29.9. The largest absolute Gasteiger partial charge is 0.494 e. The Morgan fingerprint density at radius 2 is 1.17 bits per heavy atom. The van der Waals surface area contributed by atoms with Gasteiger partial charge in [-0.1, -0.05) is 108 Å². The number of ether oxygens (including phenoxy) is 3. The number of carbonyl (C=O) groups is 1. The van der Waals surface area contributed by atoms with E-state index in [1.807, 2.05) is 31.2 Å². The predicted octanol–water partition coefficient (Wildman–Crippen LogP) is 9.07. The molecule has 36 heavy (non-hydrogen) atoms. The fourth-order valence-electron chi connectivity index (χ4n) is 4.13. The van der Waals surface area contributed by atoms with Gasteiger partial charge in [-0.25, -0.2) is 4.79 Å². The second kappa shape index (κ2) is 18.0. The molecule has 0 aromatic heterocycles. The molecule has 2 aromatic carbocycles. The van der Waals surface area contributed by atoms with Crippen molar-refractivity contribution in [1.82, 2.24) is 0 Å². The quantitative estimate of drug-likeness (QED) is 0.144. The molecule has 0 saturated carbocycles. The zero-order valence-electron chi connectivity index (χ0n) is 23.1. The van der Waals surface area contributed by atoms with E-state index in [-0.39, 0.29) is 12.1 Å². The summed E-state index contributed by atoms with van der Waals surface area (Å²) < 4.78 is 17.2. The van der Waals surface area contributed by atoms with Crippen molar-refractivity contribution in [3.8, 4) is 16.9 Å². The van der Waals surface area contributed by atoms with Crippen molar-refractivity contribution in [3.05, 3.63) is 54.1 Å². The molecule has 0 aliphatic carbocycles. The van der Waals surface area contributed by atoms with Crippen molar-refractivity contribution < 1.29 is 19.0 Å². The molecular formula is C32H48O4. The van der Waals surface area contributed by atoms with Crippen molar-refractivity contribution in [2.45, 2.75) is 111 Å². The highest BCUT2D eigenvalue weighted by atomic mass is 16.6. The SMILES string of the molecule is CCCCCCCCOC(C)C(=O)OC(C)c1ccc(-c2ccc(OCCCCCCC)cc2)cc1. The Balaban J connectivity index is 1.73. The van der Waals surface area contributed by atoms with Crippen LogP contribution in [0.2, 0.25) is 0 Å². The Morgan fingerprint density at radius 1 is 0.667 bits per heavy atom. The molecule has 0 saturated heterocycles. The van der Waals surface area contributed by atoms with Gasteiger partial charge >= 0.3 is 5.97 Å². The van der Waals surface area contributed by atoms with Gasteiger partial charge in [0, 0.05) is 6.61 Å². The number of esters is 1. The van der Waals surface area contributed by atoms with Crippen molar-refractivity contribution >= 4 is 5.97 Å². The number of unbranched alkanes of at least 4 members (excludes halogenated alkanes) is 9. The zero-order valence-corrected chi connectivity index (χ0v) is 23.1. The average Bonchev–Trinajstić information content (AvgIpc) is 2.90. The molecule has 0 aliphatic rings. The van der Waals surface area contributed by atoms with Gasteiger partial charge in [0.25, 0.3) is 0 Å². The summed E-state index contributed by atoms with van der Waals surface area (Å²) in [6, 6.07) is 16.4. The molecular weight excluding hydrogens is 448 g/mol. The third-order valence-corrected chi connectivity index (χ3v) is 6.57. The van der Waals surface area contributed by atoms with Crippen LogP contribution in [0.1, 0.15) is 110 Å². The molecule has 0 spiro atoms. The summed E-state index contributed by atoms with van der Waals surface area (Å²) in [5.41, 5.74) is 3.23. The van der Waals surface area contributed by atoms with E-state index in [9.17, 15) is 4.79 Å². The van der Waals surface area contributed by atoms with E-state index in [0.29, 0.717) is 6.61 Å². The van der Waals surface area contributed by atoms with E-state index < -0.39 is 6.10 Å². The Kier molecular flexibility index (Phi) is 14.9. The summed E-state index contributed by atoms with van der Waals surface area (Å²) in [7, 11) is 0. The van der Waals surface area contributed by atoms with Crippen LogP contribution in [0.5, 0.6) is 5.75 Å². The summed E-state index contributed by atoms with van der Waals surface area (Å²) in [6.07, 6.45) is 12.5. The smallest absolute Gasteiger partial charge is 0.335 e. The van der Waals surface area contributed by atoms with Gasteiger partial charge in [0.2, 0.25) is 0 Å². The lowest BCUT2D eigenvalue weighted by Gasteiger charge is -2.18. The zero-order chi connectivity index (χ0) is 26.0. The van der Waals surface area contributed by atoms with E-state index in [2.05, 4.69) is 38.1 Å². The van der Waals surface area contributed by atoms with Crippen molar-refractivity contribution in [3.63, 3.8) is 0 Å². The maximum absolute atomic E-state index is 12.4. The first-order valence-electron chi connectivity index (χ1n) is 14.2. The lowest BCUT2D eigenvalue weighted by Crippen LogP contribution is -2.25. The Hall–Kier alpha value is -2.33. The normalized spacial score (nSPS) is 12.8. The van der Waals surface area contributed by atoms with E-state index in [4.69, 9.17) is 14.2 Å². The van der Waals surface area contributed by atoms with Crippen LogP contribution in [-0.4, -0.2) is 25.3 Å². The summed E-state index contributed by atoms with van der Waals surface area (Å²) in [6.45, 7) is 9.51. The van der Waals surface area contributed by atoms with Crippen molar-refractivity contribution in [2.24, 2.45) is 0 Å². The Morgan fingerprint density at radius 3 is 1.75 bits per heavy atom. The average molecular weight is 497 g/mol. The molecule has 4 nitrogen and oxygen atoms in total. The number of hydrogen-bond donors (Lipinski definition) is 0. The van der Waals surface area contributed by atoms with Crippen LogP contribution in [-0.2, 0) is 14.3 Å². The maximum atomic E-state index is 12.4. The van der Waals surface area contributed by atoms with E-state index >= 15 is 0 Å². The molecule has 4 heteroatoms. The number of benzene rings is 2. The Labute approximate surface area is 219 Å². The molecule has 200 valence electrons. The molecule has 2 unspecified atom stereocenters. The molecule has 0 bridgehead atoms. The summed E-state index contributed by atoms with van der Waals surface area (Å²) in [5, 5.41) is 0. The molecule has 0 heterocycles. The van der Waals surface area contributed by atoms with Crippen LogP contribution < -0.4 is 4.74 Å². The molecule has 2 rings (SSSR count). The first-order chi connectivity index (χ1) is 17.5. The fourth-order valence-corrected chi connectivity index (χ4v) is 4.13. The van der Waals surface area contributed by atoms with E-state index in [0.717, 1.165) is 48.3 Å². The molecule has 2 aromatic rings. The predicted molar refractivity (Wildman–Crippen MR) is 149 cm³/mol. The lowest BCUT2D eigenvalue weighted by molar-refractivity contribution is -0.161. The standard InChI is InChI=1S/C32H48O4/c1-5-7-9-11-13-14-24-34-27(4)32(33)36-26(3)28-16-18-29(19-17-28)30-20-22-31(23-21-30)35-25-15-12-10-8-6-2/h16-23,26-27H,5-15,24-25H2,1-4H3. The summed E-state index contributed by atoms with van der Waals surface area (Å²) >= 11 is 0. The minimum Gasteiger partial charge on any atom is -0.494 e. The fraction of sp³-hybridized carbons (Fsp3) is 0.594. The minimum absolute atomic E-state index is 0.307. The monoisotopic (exact) mass is 496 g/mol. The van der Waals surface area contributed by atoms with Gasteiger partial charge in [-0.3, -0.25) is 0 Å². The minimum atomic E-state index is -0.542. The highest BCUT2D eigenvalue weighted by Gasteiger charge is 2.19. The van der Waals surface area contributed by atoms with Crippen LogP contribution in [0.25, 0.3) is 11.1 Å². The van der Waals surface area contributed by atoms with Gasteiger partial charge < -0.3 is 14.2 Å². The Bertz CT molecular complexity index is 828.